The average Bonchev–Trinajstić information content (AvgIpc) is 2.75. The van der Waals surface area contributed by atoms with Crippen LogP contribution in [0.1, 0.15) is 25.4 Å². The number of carbonyl (C=O) groups is 1. The van der Waals surface area contributed by atoms with E-state index in [0.29, 0.717) is 41.6 Å². The van der Waals surface area contributed by atoms with Crippen LogP contribution in [0, 0.1) is 11.6 Å². The van der Waals surface area contributed by atoms with Gasteiger partial charge in [0.1, 0.15) is 18.1 Å². The van der Waals surface area contributed by atoms with Gasteiger partial charge in [0.05, 0.1) is 36.7 Å². The van der Waals surface area contributed by atoms with E-state index in [4.69, 9.17) is 10.5 Å². The number of hydrogen-bond acceptors (Lipinski definition) is 6. The summed E-state index contributed by atoms with van der Waals surface area (Å²) in [6, 6.07) is 5.65. The lowest BCUT2D eigenvalue weighted by Gasteiger charge is -2.34. The largest absolute Gasteiger partial charge is 0.486 e. The van der Waals surface area contributed by atoms with Gasteiger partial charge >= 0.3 is 6.03 Å². The molecule has 2 aromatic heterocycles. The predicted molar refractivity (Wildman–Crippen MR) is 116 cm³/mol. The molecular weight excluding hydrogens is 418 g/mol. The van der Waals surface area contributed by atoms with Crippen LogP contribution < -0.4 is 20.7 Å². The molecule has 1 aliphatic rings. The molecule has 0 saturated heterocycles. The van der Waals surface area contributed by atoms with E-state index in [0.717, 1.165) is 6.20 Å². The van der Waals surface area contributed by atoms with Crippen LogP contribution >= 0.6 is 0 Å². The third-order valence-electron chi connectivity index (χ3n) is 5.03. The Morgan fingerprint density at radius 1 is 1.22 bits per heavy atom. The van der Waals surface area contributed by atoms with Crippen LogP contribution in [0.3, 0.4) is 0 Å². The number of nitrogens with one attached hydrogen (secondary N) is 1. The van der Waals surface area contributed by atoms with Gasteiger partial charge in [0.25, 0.3) is 0 Å². The zero-order chi connectivity index (χ0) is 22.8. The molecule has 3 aromatic rings. The number of hydrogen-bond donors (Lipinski definition) is 2. The lowest BCUT2D eigenvalue weighted by Crippen LogP contribution is -2.38. The Labute approximate surface area is 183 Å². The number of carbonyl (C=O) groups excluding carboxylic acids is 1. The Kier molecular flexibility index (Phi) is 5.85. The molecule has 3 N–H and O–H groups in total. The van der Waals surface area contributed by atoms with E-state index in [-0.39, 0.29) is 23.9 Å². The maximum absolute atomic E-state index is 14.8. The van der Waals surface area contributed by atoms with Gasteiger partial charge in [-0.25, -0.2) is 23.5 Å². The number of ether oxygens (including phenoxy) is 1. The number of halogens is 2. The van der Waals surface area contributed by atoms with E-state index in [1.807, 2.05) is 18.7 Å². The first-order chi connectivity index (χ1) is 15.3. The molecule has 0 aliphatic carbocycles. The Morgan fingerprint density at radius 3 is 2.72 bits per heavy atom. The molecule has 166 valence electrons. The molecule has 0 spiro atoms. The summed E-state index contributed by atoms with van der Waals surface area (Å²) >= 11 is 0. The van der Waals surface area contributed by atoms with Gasteiger partial charge in [-0.1, -0.05) is 0 Å². The molecule has 0 radical (unpaired) electrons. The van der Waals surface area contributed by atoms with Crippen molar-refractivity contribution in [3.63, 3.8) is 0 Å². The molecule has 0 bridgehead atoms. The Balaban J connectivity index is 1.65. The summed E-state index contributed by atoms with van der Waals surface area (Å²) in [5.41, 5.74) is 7.00. The Bertz CT molecular complexity index is 1150. The highest BCUT2D eigenvalue weighted by Crippen LogP contribution is 2.39. The number of nitrogens with two attached hydrogens (primary N) is 1. The number of primary amides is 1. The SMILES string of the molecule is CC(C)N1CCOc2c(F)cc(-c3nc(Cc4ccc(NC(N)=O)cn4)ncc3F)cc21. The van der Waals surface area contributed by atoms with E-state index in [1.165, 1.54) is 12.3 Å². The standard InChI is InChI=1S/C22H22F2N6O2/c1-12(2)30-5-6-32-21-16(23)7-13(8-18(21)30)20-17(24)11-27-19(29-20)9-14-3-4-15(10-26-14)28-22(25)31/h3-4,7-8,10-12H,5-6,9H2,1-2H3,(H3,25,28,31). The summed E-state index contributed by atoms with van der Waals surface area (Å²) in [6.07, 6.45) is 2.73. The second-order valence-corrected chi connectivity index (χ2v) is 7.63. The molecule has 1 aliphatic heterocycles. The predicted octanol–water partition coefficient (Wildman–Crippen LogP) is 3.51. The summed E-state index contributed by atoms with van der Waals surface area (Å²) in [7, 11) is 0. The van der Waals surface area contributed by atoms with Crippen LogP contribution in [-0.4, -0.2) is 40.2 Å². The fourth-order valence-corrected chi connectivity index (χ4v) is 3.57. The van der Waals surface area contributed by atoms with Crippen molar-refractivity contribution in [3.8, 4) is 17.0 Å². The fourth-order valence-electron chi connectivity index (χ4n) is 3.57. The number of anilines is 2. The van der Waals surface area contributed by atoms with Crippen LogP contribution in [0.4, 0.5) is 25.0 Å². The van der Waals surface area contributed by atoms with Crippen LogP contribution in [0.25, 0.3) is 11.3 Å². The second-order valence-electron chi connectivity index (χ2n) is 7.63. The highest BCUT2D eigenvalue weighted by atomic mass is 19.1. The molecule has 2 amide bonds. The molecule has 3 heterocycles. The molecule has 1 aromatic carbocycles. The van der Waals surface area contributed by atoms with Crippen molar-refractivity contribution >= 4 is 17.4 Å². The number of aromatic nitrogens is 3. The van der Waals surface area contributed by atoms with Crippen molar-refractivity contribution in [2.45, 2.75) is 26.3 Å². The number of urea groups is 1. The Hall–Kier alpha value is -3.82. The zero-order valence-corrected chi connectivity index (χ0v) is 17.6. The molecule has 0 fully saturated rings. The number of rotatable bonds is 5. The first-order valence-electron chi connectivity index (χ1n) is 10.1. The summed E-state index contributed by atoms with van der Waals surface area (Å²) in [4.78, 5) is 25.5. The normalized spacial score (nSPS) is 13.0. The summed E-state index contributed by atoms with van der Waals surface area (Å²) in [5.74, 6) is -0.742. The van der Waals surface area contributed by atoms with Crippen LogP contribution in [0.5, 0.6) is 5.75 Å². The van der Waals surface area contributed by atoms with Crippen molar-refractivity contribution in [2.24, 2.45) is 5.73 Å². The fraction of sp³-hybridized carbons (Fsp3) is 0.273. The van der Waals surface area contributed by atoms with E-state index >= 15 is 0 Å². The molecule has 0 unspecified atom stereocenters. The molecule has 0 atom stereocenters. The minimum Gasteiger partial charge on any atom is -0.486 e. The molecule has 10 heteroatoms. The zero-order valence-electron chi connectivity index (χ0n) is 17.6. The minimum atomic E-state index is -0.690. The first-order valence-corrected chi connectivity index (χ1v) is 10.1. The maximum Gasteiger partial charge on any atom is 0.316 e. The highest BCUT2D eigenvalue weighted by Gasteiger charge is 2.25. The maximum atomic E-state index is 14.8. The van der Waals surface area contributed by atoms with Gasteiger partial charge in [-0.05, 0) is 38.1 Å². The van der Waals surface area contributed by atoms with E-state index in [2.05, 4.69) is 20.3 Å². The van der Waals surface area contributed by atoms with Crippen molar-refractivity contribution in [1.82, 2.24) is 15.0 Å². The summed E-state index contributed by atoms with van der Waals surface area (Å²) in [6.45, 7) is 4.99. The second kappa shape index (κ2) is 8.74. The first kappa shape index (κ1) is 21.4. The third-order valence-corrected chi connectivity index (χ3v) is 5.03. The lowest BCUT2D eigenvalue weighted by atomic mass is 10.1. The number of amides is 2. The average molecular weight is 440 g/mol. The number of fused-ring (bicyclic) bond motifs is 1. The minimum absolute atomic E-state index is 0.00186. The van der Waals surface area contributed by atoms with Crippen molar-refractivity contribution in [2.75, 3.05) is 23.4 Å². The van der Waals surface area contributed by atoms with E-state index in [9.17, 15) is 13.6 Å². The summed E-state index contributed by atoms with van der Waals surface area (Å²) < 4.78 is 34.9. The topological polar surface area (TPSA) is 106 Å². The molecule has 32 heavy (non-hydrogen) atoms. The summed E-state index contributed by atoms with van der Waals surface area (Å²) in [5, 5.41) is 2.42. The monoisotopic (exact) mass is 440 g/mol. The van der Waals surface area contributed by atoms with Gasteiger partial charge in [0, 0.05) is 17.3 Å². The lowest BCUT2D eigenvalue weighted by molar-refractivity contribution is 0.259. The van der Waals surface area contributed by atoms with Crippen LogP contribution in [0.2, 0.25) is 0 Å². The van der Waals surface area contributed by atoms with E-state index in [1.54, 1.807) is 18.2 Å². The smallest absolute Gasteiger partial charge is 0.316 e. The molecule has 8 nitrogen and oxygen atoms in total. The molecule has 4 rings (SSSR count). The third kappa shape index (κ3) is 4.43. The van der Waals surface area contributed by atoms with Gasteiger partial charge in [0.15, 0.2) is 17.4 Å². The van der Waals surface area contributed by atoms with Crippen molar-refractivity contribution < 1.29 is 18.3 Å². The highest BCUT2D eigenvalue weighted by molar-refractivity contribution is 5.87. The van der Waals surface area contributed by atoms with E-state index < -0.39 is 17.7 Å². The van der Waals surface area contributed by atoms with Crippen LogP contribution in [-0.2, 0) is 6.42 Å². The number of nitrogens with zero attached hydrogens (tertiary/aromatic N) is 4. The van der Waals surface area contributed by atoms with Gasteiger partial charge in [-0.3, -0.25) is 4.98 Å². The molecular formula is C22H22F2N6O2. The van der Waals surface area contributed by atoms with Gasteiger partial charge < -0.3 is 20.7 Å². The number of pyridine rings is 1. The van der Waals surface area contributed by atoms with Gasteiger partial charge in [-0.2, -0.15) is 0 Å². The quantitative estimate of drug-likeness (QED) is 0.629. The van der Waals surface area contributed by atoms with Crippen molar-refractivity contribution in [3.05, 3.63) is 59.8 Å². The van der Waals surface area contributed by atoms with Crippen LogP contribution in [0.15, 0.2) is 36.7 Å². The Morgan fingerprint density at radius 2 is 2.03 bits per heavy atom. The van der Waals surface area contributed by atoms with Gasteiger partial charge in [0.2, 0.25) is 0 Å². The number of benzene rings is 1. The van der Waals surface area contributed by atoms with Gasteiger partial charge in [-0.15, -0.1) is 0 Å². The molecule has 0 saturated carbocycles. The van der Waals surface area contributed by atoms with Crippen molar-refractivity contribution in [1.29, 1.82) is 0 Å².